The van der Waals surface area contributed by atoms with E-state index < -0.39 is 6.04 Å². The summed E-state index contributed by atoms with van der Waals surface area (Å²) >= 11 is 0. The van der Waals surface area contributed by atoms with E-state index in [0.717, 1.165) is 19.5 Å². The molecule has 86 valence electrons. The topological polar surface area (TPSA) is 70.2 Å². The van der Waals surface area contributed by atoms with Crippen molar-refractivity contribution < 1.29 is 9.59 Å². The lowest BCUT2D eigenvalue weighted by molar-refractivity contribution is -0.128. The molecule has 5 nitrogen and oxygen atoms in total. The zero-order chi connectivity index (χ0) is 11.3. The van der Waals surface area contributed by atoms with Crippen LogP contribution in [0, 0.1) is 5.92 Å². The van der Waals surface area contributed by atoms with E-state index in [4.69, 9.17) is 0 Å². The molecule has 1 fully saturated rings. The van der Waals surface area contributed by atoms with E-state index in [1.165, 1.54) is 0 Å². The predicted molar refractivity (Wildman–Crippen MR) is 57.3 cm³/mol. The Labute approximate surface area is 90.0 Å². The first kappa shape index (κ1) is 12.0. The van der Waals surface area contributed by atoms with Crippen LogP contribution in [0.3, 0.4) is 0 Å². The van der Waals surface area contributed by atoms with Gasteiger partial charge in [0.15, 0.2) is 0 Å². The molecular formula is C10H19N3O2. The van der Waals surface area contributed by atoms with Crippen molar-refractivity contribution in [3.8, 4) is 0 Å². The molecule has 1 rings (SSSR count). The Kier molecular flexibility index (Phi) is 4.55. The summed E-state index contributed by atoms with van der Waals surface area (Å²) in [5.41, 5.74) is 0. The van der Waals surface area contributed by atoms with Crippen molar-refractivity contribution >= 4 is 11.8 Å². The molecule has 2 unspecified atom stereocenters. The second-order valence-electron chi connectivity index (χ2n) is 3.97. The summed E-state index contributed by atoms with van der Waals surface area (Å²) in [6.07, 6.45) is 1.55. The average molecular weight is 213 g/mol. The van der Waals surface area contributed by atoms with Crippen LogP contribution < -0.4 is 16.0 Å². The molecule has 0 aromatic carbocycles. The monoisotopic (exact) mass is 213 g/mol. The predicted octanol–water partition coefficient (Wildman–Crippen LogP) is -0.763. The average Bonchev–Trinajstić information content (AvgIpc) is 2.68. The maximum atomic E-state index is 11.5. The highest BCUT2D eigenvalue weighted by atomic mass is 16.2. The minimum atomic E-state index is -0.447. The zero-order valence-corrected chi connectivity index (χ0v) is 9.30. The third-order valence-corrected chi connectivity index (χ3v) is 2.65. The van der Waals surface area contributed by atoms with Crippen LogP contribution in [0.5, 0.6) is 0 Å². The Bertz CT molecular complexity index is 237. The molecule has 0 aromatic rings. The molecule has 0 aromatic heterocycles. The molecule has 2 atom stereocenters. The van der Waals surface area contributed by atoms with Crippen LogP contribution in [-0.4, -0.2) is 38.0 Å². The number of nitrogens with one attached hydrogen (secondary N) is 3. The third kappa shape index (κ3) is 3.87. The fourth-order valence-electron chi connectivity index (χ4n) is 1.73. The quantitative estimate of drug-likeness (QED) is 0.575. The van der Waals surface area contributed by atoms with Crippen LogP contribution in [0.2, 0.25) is 0 Å². The standard InChI is InChI=1S/C10H19N3O2/c1-7(10(15)11-2)13-9(14)5-8-3-4-12-6-8/h7-8,12H,3-6H2,1-2H3,(H,11,15)(H,13,14). The van der Waals surface area contributed by atoms with E-state index in [0.29, 0.717) is 12.3 Å². The molecule has 1 aliphatic heterocycles. The number of amides is 2. The largest absolute Gasteiger partial charge is 0.357 e. The van der Waals surface area contributed by atoms with Gasteiger partial charge in [-0.1, -0.05) is 0 Å². The third-order valence-electron chi connectivity index (χ3n) is 2.65. The van der Waals surface area contributed by atoms with Gasteiger partial charge in [0, 0.05) is 13.5 Å². The molecule has 1 saturated heterocycles. The Morgan fingerprint density at radius 1 is 1.53 bits per heavy atom. The first-order valence-electron chi connectivity index (χ1n) is 5.35. The molecule has 0 aliphatic carbocycles. The smallest absolute Gasteiger partial charge is 0.242 e. The van der Waals surface area contributed by atoms with Gasteiger partial charge in [0.2, 0.25) is 11.8 Å². The lowest BCUT2D eigenvalue weighted by Crippen LogP contribution is -2.44. The Balaban J connectivity index is 2.25. The number of hydrogen-bond acceptors (Lipinski definition) is 3. The van der Waals surface area contributed by atoms with Gasteiger partial charge in [-0.2, -0.15) is 0 Å². The van der Waals surface area contributed by atoms with Gasteiger partial charge < -0.3 is 16.0 Å². The second kappa shape index (κ2) is 5.70. The first-order chi connectivity index (χ1) is 7.13. The molecule has 0 spiro atoms. The van der Waals surface area contributed by atoms with Crippen molar-refractivity contribution in [1.82, 2.24) is 16.0 Å². The fourth-order valence-corrected chi connectivity index (χ4v) is 1.73. The van der Waals surface area contributed by atoms with Crippen molar-refractivity contribution in [3.05, 3.63) is 0 Å². The summed E-state index contributed by atoms with van der Waals surface area (Å²) in [6, 6.07) is -0.447. The van der Waals surface area contributed by atoms with E-state index in [2.05, 4.69) is 16.0 Å². The minimum Gasteiger partial charge on any atom is -0.357 e. The van der Waals surface area contributed by atoms with Crippen molar-refractivity contribution in [2.24, 2.45) is 5.92 Å². The Morgan fingerprint density at radius 3 is 2.80 bits per heavy atom. The summed E-state index contributed by atoms with van der Waals surface area (Å²) in [7, 11) is 1.56. The van der Waals surface area contributed by atoms with Crippen molar-refractivity contribution in [2.75, 3.05) is 20.1 Å². The highest BCUT2D eigenvalue weighted by Crippen LogP contribution is 2.11. The minimum absolute atomic E-state index is 0.0419. The Morgan fingerprint density at radius 2 is 2.27 bits per heavy atom. The Hall–Kier alpha value is -1.10. The van der Waals surface area contributed by atoms with Gasteiger partial charge in [-0.3, -0.25) is 9.59 Å². The summed E-state index contributed by atoms with van der Waals surface area (Å²) in [4.78, 5) is 22.7. The van der Waals surface area contributed by atoms with E-state index in [-0.39, 0.29) is 11.8 Å². The summed E-state index contributed by atoms with van der Waals surface area (Å²) in [5, 5.41) is 8.38. The van der Waals surface area contributed by atoms with Crippen molar-refractivity contribution in [2.45, 2.75) is 25.8 Å². The molecule has 1 aliphatic rings. The molecule has 15 heavy (non-hydrogen) atoms. The van der Waals surface area contributed by atoms with E-state index >= 15 is 0 Å². The van der Waals surface area contributed by atoms with Gasteiger partial charge in [0.05, 0.1) is 0 Å². The van der Waals surface area contributed by atoms with Gasteiger partial charge >= 0.3 is 0 Å². The van der Waals surface area contributed by atoms with Crippen molar-refractivity contribution in [1.29, 1.82) is 0 Å². The molecule has 2 amide bonds. The normalized spacial score (nSPS) is 22.1. The number of carbonyl (C=O) groups is 2. The number of carbonyl (C=O) groups excluding carboxylic acids is 2. The highest BCUT2D eigenvalue weighted by Gasteiger charge is 2.20. The summed E-state index contributed by atoms with van der Waals surface area (Å²) in [5.74, 6) is 0.217. The molecule has 0 radical (unpaired) electrons. The van der Waals surface area contributed by atoms with Gasteiger partial charge in [-0.15, -0.1) is 0 Å². The van der Waals surface area contributed by atoms with Crippen LogP contribution >= 0.6 is 0 Å². The van der Waals surface area contributed by atoms with Gasteiger partial charge in [0.25, 0.3) is 0 Å². The van der Waals surface area contributed by atoms with E-state index in [9.17, 15) is 9.59 Å². The molecule has 1 heterocycles. The molecule has 0 bridgehead atoms. The van der Waals surface area contributed by atoms with Gasteiger partial charge in [-0.25, -0.2) is 0 Å². The summed E-state index contributed by atoms with van der Waals surface area (Å²) < 4.78 is 0. The summed E-state index contributed by atoms with van der Waals surface area (Å²) in [6.45, 7) is 3.58. The molecule has 5 heteroatoms. The SMILES string of the molecule is CNC(=O)C(C)NC(=O)CC1CCNC1. The van der Waals surface area contributed by atoms with Crippen LogP contribution in [0.25, 0.3) is 0 Å². The van der Waals surface area contributed by atoms with Crippen LogP contribution in [0.15, 0.2) is 0 Å². The second-order valence-corrected chi connectivity index (χ2v) is 3.97. The lowest BCUT2D eigenvalue weighted by Gasteiger charge is -2.14. The first-order valence-corrected chi connectivity index (χ1v) is 5.35. The van der Waals surface area contributed by atoms with Gasteiger partial charge in [-0.05, 0) is 32.4 Å². The van der Waals surface area contributed by atoms with Crippen molar-refractivity contribution in [3.63, 3.8) is 0 Å². The molecular weight excluding hydrogens is 194 g/mol. The maximum absolute atomic E-state index is 11.5. The zero-order valence-electron chi connectivity index (χ0n) is 9.30. The number of hydrogen-bond donors (Lipinski definition) is 3. The van der Waals surface area contributed by atoms with E-state index in [1.807, 2.05) is 0 Å². The molecule has 0 saturated carbocycles. The number of rotatable bonds is 4. The van der Waals surface area contributed by atoms with Crippen LogP contribution in [0.1, 0.15) is 19.8 Å². The van der Waals surface area contributed by atoms with Crippen LogP contribution in [0.4, 0.5) is 0 Å². The lowest BCUT2D eigenvalue weighted by atomic mass is 10.0. The van der Waals surface area contributed by atoms with Gasteiger partial charge in [0.1, 0.15) is 6.04 Å². The maximum Gasteiger partial charge on any atom is 0.242 e. The fraction of sp³-hybridized carbons (Fsp3) is 0.800. The number of likely N-dealkylation sites (N-methyl/N-ethyl adjacent to an activating group) is 1. The molecule has 3 N–H and O–H groups in total. The van der Waals surface area contributed by atoms with Crippen LogP contribution in [-0.2, 0) is 9.59 Å². The highest BCUT2D eigenvalue weighted by molar-refractivity contribution is 5.87. The van der Waals surface area contributed by atoms with E-state index in [1.54, 1.807) is 14.0 Å².